The molecule has 0 unspecified atom stereocenters. The molecule has 0 bridgehead atoms. The van der Waals surface area contributed by atoms with Gasteiger partial charge in [0.05, 0.1) is 12.3 Å². The van der Waals surface area contributed by atoms with E-state index in [0.29, 0.717) is 0 Å². The van der Waals surface area contributed by atoms with Gasteiger partial charge in [-0.1, -0.05) is 6.92 Å². The topological polar surface area (TPSA) is 50.3 Å². The number of nitrogens with zero attached hydrogens (tertiary/aromatic N) is 3. The Bertz CT molecular complexity index is 320. The molecule has 0 atom stereocenters. The molecule has 1 aliphatic heterocycles. The van der Waals surface area contributed by atoms with Crippen LogP contribution in [0.4, 0.5) is 5.82 Å². The van der Waals surface area contributed by atoms with Crippen LogP contribution in [-0.4, -0.2) is 43.0 Å². The highest BCUT2D eigenvalue weighted by molar-refractivity contribution is 5.37. The molecule has 5 heteroatoms. The Balaban J connectivity index is 1.96. The van der Waals surface area contributed by atoms with Crippen molar-refractivity contribution in [2.24, 2.45) is 0 Å². The Morgan fingerprint density at radius 1 is 1.29 bits per heavy atom. The first-order chi connectivity index (χ1) is 8.40. The van der Waals surface area contributed by atoms with E-state index in [9.17, 15) is 0 Å². The molecule has 0 spiro atoms. The normalized spacial score (nSPS) is 16.9. The van der Waals surface area contributed by atoms with E-state index < -0.39 is 0 Å². The smallest absolute Gasteiger partial charge is 0.151 e. The SMILES string of the molecule is CCNCc1ccc(N2CCCOCC2)nn1. The van der Waals surface area contributed by atoms with E-state index in [1.165, 1.54) is 0 Å². The van der Waals surface area contributed by atoms with Crippen LogP contribution in [0.5, 0.6) is 0 Å². The molecule has 1 aromatic heterocycles. The molecular weight excluding hydrogens is 216 g/mol. The highest BCUT2D eigenvalue weighted by Crippen LogP contribution is 2.11. The summed E-state index contributed by atoms with van der Waals surface area (Å²) in [6.07, 6.45) is 1.06. The molecule has 0 saturated carbocycles. The summed E-state index contributed by atoms with van der Waals surface area (Å²) in [7, 11) is 0. The van der Waals surface area contributed by atoms with Gasteiger partial charge in [0, 0.05) is 26.2 Å². The fourth-order valence-corrected chi connectivity index (χ4v) is 1.84. The van der Waals surface area contributed by atoms with Crippen LogP contribution in [0.15, 0.2) is 12.1 Å². The first-order valence-electron chi connectivity index (χ1n) is 6.26. The standard InChI is InChI=1S/C12H20N4O/c1-2-13-10-11-4-5-12(15-14-11)16-6-3-8-17-9-7-16/h4-5,13H,2-3,6-10H2,1H3. The van der Waals surface area contributed by atoms with E-state index in [1.54, 1.807) is 0 Å². The van der Waals surface area contributed by atoms with Gasteiger partial charge in [-0.25, -0.2) is 0 Å². The van der Waals surface area contributed by atoms with Crippen molar-refractivity contribution in [1.29, 1.82) is 0 Å². The molecule has 1 N–H and O–H groups in total. The van der Waals surface area contributed by atoms with Crippen LogP contribution in [0.2, 0.25) is 0 Å². The largest absolute Gasteiger partial charge is 0.380 e. The molecule has 0 aliphatic carbocycles. The lowest BCUT2D eigenvalue weighted by molar-refractivity contribution is 0.152. The van der Waals surface area contributed by atoms with Crippen molar-refractivity contribution in [3.63, 3.8) is 0 Å². The van der Waals surface area contributed by atoms with E-state index >= 15 is 0 Å². The maximum Gasteiger partial charge on any atom is 0.151 e. The van der Waals surface area contributed by atoms with Crippen molar-refractivity contribution in [3.05, 3.63) is 17.8 Å². The predicted octanol–water partition coefficient (Wildman–Crippen LogP) is 0.813. The molecule has 1 aliphatic rings. The molecule has 17 heavy (non-hydrogen) atoms. The number of ether oxygens (including phenoxy) is 1. The maximum absolute atomic E-state index is 5.42. The second kappa shape index (κ2) is 6.51. The number of anilines is 1. The summed E-state index contributed by atoms with van der Waals surface area (Å²) in [5.74, 6) is 0.954. The fraction of sp³-hybridized carbons (Fsp3) is 0.667. The number of nitrogens with one attached hydrogen (secondary N) is 1. The van der Waals surface area contributed by atoms with Crippen molar-refractivity contribution in [3.8, 4) is 0 Å². The third-order valence-electron chi connectivity index (χ3n) is 2.81. The average Bonchev–Trinajstić information content (AvgIpc) is 2.66. The fourth-order valence-electron chi connectivity index (χ4n) is 1.84. The van der Waals surface area contributed by atoms with Gasteiger partial charge in [-0.2, -0.15) is 5.10 Å². The molecule has 1 saturated heterocycles. The zero-order valence-electron chi connectivity index (χ0n) is 10.4. The molecule has 0 aromatic carbocycles. The molecule has 1 aromatic rings. The number of aromatic nitrogens is 2. The van der Waals surface area contributed by atoms with Crippen LogP contribution in [-0.2, 0) is 11.3 Å². The van der Waals surface area contributed by atoms with Gasteiger partial charge in [-0.15, -0.1) is 5.10 Å². The van der Waals surface area contributed by atoms with Gasteiger partial charge in [-0.05, 0) is 25.1 Å². The monoisotopic (exact) mass is 236 g/mol. The van der Waals surface area contributed by atoms with Crippen LogP contribution in [0.3, 0.4) is 0 Å². The lowest BCUT2D eigenvalue weighted by atomic mass is 10.3. The molecule has 1 fully saturated rings. The highest BCUT2D eigenvalue weighted by Gasteiger charge is 2.11. The Morgan fingerprint density at radius 2 is 2.24 bits per heavy atom. The predicted molar refractivity (Wildman–Crippen MR) is 67.1 cm³/mol. The lowest BCUT2D eigenvalue weighted by Crippen LogP contribution is -2.27. The highest BCUT2D eigenvalue weighted by atomic mass is 16.5. The van der Waals surface area contributed by atoms with Crippen molar-refractivity contribution in [1.82, 2.24) is 15.5 Å². The van der Waals surface area contributed by atoms with Crippen molar-refractivity contribution >= 4 is 5.82 Å². The molecule has 0 radical (unpaired) electrons. The second-order valence-electron chi connectivity index (χ2n) is 4.12. The van der Waals surface area contributed by atoms with Gasteiger partial charge < -0.3 is 15.0 Å². The Kier molecular flexibility index (Phi) is 4.70. The molecule has 2 heterocycles. The first-order valence-corrected chi connectivity index (χ1v) is 6.26. The van der Waals surface area contributed by atoms with Crippen molar-refractivity contribution < 1.29 is 4.74 Å². The number of hydrogen-bond acceptors (Lipinski definition) is 5. The van der Waals surface area contributed by atoms with Gasteiger partial charge in [-0.3, -0.25) is 0 Å². The Hall–Kier alpha value is -1.20. The Labute approximate surface area is 102 Å². The molecular formula is C12H20N4O. The number of rotatable bonds is 4. The zero-order chi connectivity index (χ0) is 11.9. The third kappa shape index (κ3) is 3.64. The van der Waals surface area contributed by atoms with Gasteiger partial charge in [0.15, 0.2) is 5.82 Å². The summed E-state index contributed by atoms with van der Waals surface area (Å²) >= 11 is 0. The van der Waals surface area contributed by atoms with Crippen molar-refractivity contribution in [2.45, 2.75) is 19.9 Å². The molecule has 5 nitrogen and oxygen atoms in total. The first kappa shape index (κ1) is 12.3. The summed E-state index contributed by atoms with van der Waals surface area (Å²) in [6, 6.07) is 4.09. The second-order valence-corrected chi connectivity index (χ2v) is 4.12. The van der Waals surface area contributed by atoms with Crippen LogP contribution >= 0.6 is 0 Å². The minimum absolute atomic E-state index is 0.779. The quantitative estimate of drug-likeness (QED) is 0.838. The molecule has 2 rings (SSSR count). The van der Waals surface area contributed by atoms with E-state index in [4.69, 9.17) is 4.74 Å². The Morgan fingerprint density at radius 3 is 3.00 bits per heavy atom. The van der Waals surface area contributed by atoms with Gasteiger partial charge in [0.1, 0.15) is 0 Å². The summed E-state index contributed by atoms with van der Waals surface area (Å²) in [5, 5.41) is 11.7. The molecule has 94 valence electrons. The van der Waals surface area contributed by atoms with E-state index in [0.717, 1.165) is 57.3 Å². The maximum atomic E-state index is 5.42. The minimum Gasteiger partial charge on any atom is -0.380 e. The van der Waals surface area contributed by atoms with Gasteiger partial charge in [0.25, 0.3) is 0 Å². The van der Waals surface area contributed by atoms with Crippen LogP contribution < -0.4 is 10.2 Å². The van der Waals surface area contributed by atoms with Gasteiger partial charge >= 0.3 is 0 Å². The van der Waals surface area contributed by atoms with Crippen molar-refractivity contribution in [2.75, 3.05) is 37.7 Å². The van der Waals surface area contributed by atoms with E-state index in [2.05, 4.69) is 27.3 Å². The molecule has 0 amide bonds. The zero-order valence-corrected chi connectivity index (χ0v) is 10.4. The average molecular weight is 236 g/mol. The number of hydrogen-bond donors (Lipinski definition) is 1. The summed E-state index contributed by atoms with van der Waals surface area (Å²) in [6.45, 7) is 7.35. The summed E-state index contributed by atoms with van der Waals surface area (Å²) in [5.41, 5.74) is 0.988. The van der Waals surface area contributed by atoms with E-state index in [-0.39, 0.29) is 0 Å². The third-order valence-corrected chi connectivity index (χ3v) is 2.81. The van der Waals surface area contributed by atoms with E-state index in [1.807, 2.05) is 12.1 Å². The lowest BCUT2D eigenvalue weighted by Gasteiger charge is -2.19. The van der Waals surface area contributed by atoms with Gasteiger partial charge in [0.2, 0.25) is 0 Å². The van der Waals surface area contributed by atoms with Crippen LogP contribution in [0, 0.1) is 0 Å². The summed E-state index contributed by atoms with van der Waals surface area (Å²) in [4.78, 5) is 2.23. The van der Waals surface area contributed by atoms with Crippen LogP contribution in [0.25, 0.3) is 0 Å². The van der Waals surface area contributed by atoms with Crippen LogP contribution in [0.1, 0.15) is 19.0 Å². The summed E-state index contributed by atoms with van der Waals surface area (Å²) < 4.78 is 5.42. The minimum atomic E-state index is 0.779.